The third kappa shape index (κ3) is 4.91. The van der Waals surface area contributed by atoms with Crippen molar-refractivity contribution in [2.75, 3.05) is 10.6 Å². The first kappa shape index (κ1) is 18.6. The van der Waals surface area contributed by atoms with Gasteiger partial charge in [-0.1, -0.05) is 49.4 Å². The molecule has 2 aromatic carbocycles. The molecule has 0 radical (unpaired) electrons. The molecule has 5 heteroatoms. The van der Waals surface area contributed by atoms with Crippen molar-refractivity contribution in [2.24, 2.45) is 0 Å². The molecule has 3 rings (SSSR count). The van der Waals surface area contributed by atoms with Crippen LogP contribution >= 0.6 is 0 Å². The zero-order valence-corrected chi connectivity index (χ0v) is 15.9. The number of rotatable bonds is 6. The van der Waals surface area contributed by atoms with Gasteiger partial charge in [-0.05, 0) is 38.0 Å². The van der Waals surface area contributed by atoms with Gasteiger partial charge in [0.2, 0.25) is 0 Å². The van der Waals surface area contributed by atoms with Gasteiger partial charge in [0.25, 0.3) is 5.91 Å². The van der Waals surface area contributed by atoms with Crippen molar-refractivity contribution in [1.82, 2.24) is 9.97 Å². The van der Waals surface area contributed by atoms with Crippen molar-refractivity contribution in [3.8, 4) is 11.4 Å². The van der Waals surface area contributed by atoms with Gasteiger partial charge in [0, 0.05) is 23.4 Å². The summed E-state index contributed by atoms with van der Waals surface area (Å²) in [6.07, 6.45) is 0.963. The van der Waals surface area contributed by atoms with E-state index in [1.807, 2.05) is 68.4 Å². The van der Waals surface area contributed by atoms with E-state index < -0.39 is 0 Å². The number of carbonyl (C=O) groups excluding carboxylic acids is 1. The lowest BCUT2D eigenvalue weighted by Gasteiger charge is -2.12. The smallest absolute Gasteiger partial charge is 0.274 e. The topological polar surface area (TPSA) is 66.9 Å². The molecule has 27 heavy (non-hydrogen) atoms. The van der Waals surface area contributed by atoms with Gasteiger partial charge < -0.3 is 10.6 Å². The molecule has 0 atom stereocenters. The number of nitrogens with one attached hydrogen (secondary N) is 2. The van der Waals surface area contributed by atoms with Crippen LogP contribution in [0, 0.1) is 0 Å². The van der Waals surface area contributed by atoms with Crippen LogP contribution in [0.3, 0.4) is 0 Å². The molecule has 0 spiro atoms. The lowest BCUT2D eigenvalue weighted by molar-refractivity contribution is 0.102. The summed E-state index contributed by atoms with van der Waals surface area (Å²) >= 11 is 0. The Morgan fingerprint density at radius 3 is 2.33 bits per heavy atom. The lowest BCUT2D eigenvalue weighted by atomic mass is 10.1. The second-order valence-corrected chi connectivity index (χ2v) is 6.63. The Morgan fingerprint density at radius 1 is 1.00 bits per heavy atom. The fraction of sp³-hybridized carbons (Fsp3) is 0.227. The second kappa shape index (κ2) is 8.45. The van der Waals surface area contributed by atoms with E-state index in [-0.39, 0.29) is 11.9 Å². The van der Waals surface area contributed by atoms with Gasteiger partial charge in [-0.2, -0.15) is 0 Å². The van der Waals surface area contributed by atoms with Crippen molar-refractivity contribution < 1.29 is 4.79 Å². The zero-order valence-electron chi connectivity index (χ0n) is 15.9. The minimum absolute atomic E-state index is 0.195. The number of hydrogen-bond acceptors (Lipinski definition) is 4. The van der Waals surface area contributed by atoms with Crippen LogP contribution in [0.25, 0.3) is 11.4 Å². The molecule has 0 saturated heterocycles. The molecule has 138 valence electrons. The average Bonchev–Trinajstić information content (AvgIpc) is 2.68. The summed E-state index contributed by atoms with van der Waals surface area (Å²) in [4.78, 5) is 21.8. The van der Waals surface area contributed by atoms with Gasteiger partial charge in [-0.3, -0.25) is 4.79 Å². The van der Waals surface area contributed by atoms with Gasteiger partial charge >= 0.3 is 0 Å². The molecule has 1 heterocycles. The maximum Gasteiger partial charge on any atom is 0.274 e. The van der Waals surface area contributed by atoms with E-state index >= 15 is 0 Å². The summed E-state index contributed by atoms with van der Waals surface area (Å²) in [5.41, 5.74) is 3.16. The number of benzene rings is 2. The highest BCUT2D eigenvalue weighted by molar-refractivity contribution is 6.03. The third-order valence-electron chi connectivity index (χ3n) is 4.05. The first-order valence-corrected chi connectivity index (χ1v) is 9.16. The normalized spacial score (nSPS) is 10.7. The van der Waals surface area contributed by atoms with Crippen LogP contribution in [0.4, 0.5) is 11.5 Å². The number of anilines is 2. The molecular formula is C22H24N4O. The van der Waals surface area contributed by atoms with E-state index in [0.717, 1.165) is 17.7 Å². The zero-order chi connectivity index (χ0) is 19.2. The predicted molar refractivity (Wildman–Crippen MR) is 110 cm³/mol. The molecule has 0 aliphatic carbocycles. The Hall–Kier alpha value is -3.21. The number of aromatic nitrogens is 2. The van der Waals surface area contributed by atoms with Crippen molar-refractivity contribution in [1.29, 1.82) is 0 Å². The Bertz CT molecular complexity index is 905. The maximum absolute atomic E-state index is 12.8. The fourth-order valence-electron chi connectivity index (χ4n) is 2.67. The van der Waals surface area contributed by atoms with Crippen LogP contribution in [-0.4, -0.2) is 21.9 Å². The monoisotopic (exact) mass is 360 g/mol. The predicted octanol–water partition coefficient (Wildman–Crippen LogP) is 4.78. The molecule has 0 fully saturated rings. The standard InChI is InChI=1S/C22H24N4O/c1-4-16-10-12-18(13-11-16)24-22(27)19-14-20(23-15(2)3)26-21(25-19)17-8-6-5-7-9-17/h5-15H,4H2,1-3H3,(H,24,27)(H,23,25,26). The Labute approximate surface area is 159 Å². The maximum atomic E-state index is 12.8. The largest absolute Gasteiger partial charge is 0.368 e. The SMILES string of the molecule is CCc1ccc(NC(=O)c2cc(NC(C)C)nc(-c3ccccc3)n2)cc1. The summed E-state index contributed by atoms with van der Waals surface area (Å²) in [6.45, 7) is 6.15. The summed E-state index contributed by atoms with van der Waals surface area (Å²) in [5.74, 6) is 0.892. The Balaban J connectivity index is 1.91. The van der Waals surface area contributed by atoms with Crippen LogP contribution in [0.1, 0.15) is 36.8 Å². The van der Waals surface area contributed by atoms with E-state index in [4.69, 9.17) is 0 Å². The highest BCUT2D eigenvalue weighted by Gasteiger charge is 2.14. The van der Waals surface area contributed by atoms with Crippen molar-refractivity contribution >= 4 is 17.4 Å². The molecule has 0 aliphatic heterocycles. The summed E-state index contributed by atoms with van der Waals surface area (Å²) in [5, 5.41) is 6.17. The molecule has 0 unspecified atom stereocenters. The second-order valence-electron chi connectivity index (χ2n) is 6.63. The lowest BCUT2D eigenvalue weighted by Crippen LogP contribution is -2.17. The van der Waals surface area contributed by atoms with Gasteiger partial charge in [-0.15, -0.1) is 0 Å². The molecule has 3 aromatic rings. The van der Waals surface area contributed by atoms with Crippen LogP contribution in [0.5, 0.6) is 0 Å². The van der Waals surface area contributed by atoms with Gasteiger partial charge in [0.1, 0.15) is 11.5 Å². The van der Waals surface area contributed by atoms with E-state index in [9.17, 15) is 4.79 Å². The van der Waals surface area contributed by atoms with Gasteiger partial charge in [0.05, 0.1) is 0 Å². The van der Waals surface area contributed by atoms with Gasteiger partial charge in [0.15, 0.2) is 5.82 Å². The highest BCUT2D eigenvalue weighted by atomic mass is 16.1. The molecule has 2 N–H and O–H groups in total. The molecule has 1 amide bonds. The first-order chi connectivity index (χ1) is 13.0. The summed E-state index contributed by atoms with van der Waals surface area (Å²) in [6, 6.07) is 19.4. The van der Waals surface area contributed by atoms with Crippen molar-refractivity contribution in [3.63, 3.8) is 0 Å². The van der Waals surface area contributed by atoms with E-state index in [0.29, 0.717) is 17.3 Å². The number of amides is 1. The minimum atomic E-state index is -0.259. The van der Waals surface area contributed by atoms with E-state index in [2.05, 4.69) is 27.5 Å². The first-order valence-electron chi connectivity index (χ1n) is 9.16. The molecule has 5 nitrogen and oxygen atoms in total. The average molecular weight is 360 g/mol. The molecule has 0 aliphatic rings. The summed E-state index contributed by atoms with van der Waals surface area (Å²) in [7, 11) is 0. The van der Waals surface area contributed by atoms with Gasteiger partial charge in [-0.25, -0.2) is 9.97 Å². The third-order valence-corrected chi connectivity index (χ3v) is 4.05. The van der Waals surface area contributed by atoms with Crippen LogP contribution < -0.4 is 10.6 Å². The van der Waals surface area contributed by atoms with Crippen LogP contribution in [0.15, 0.2) is 60.7 Å². The molecule has 0 saturated carbocycles. The van der Waals surface area contributed by atoms with E-state index in [1.54, 1.807) is 6.07 Å². The number of aryl methyl sites for hydroxylation is 1. The quantitative estimate of drug-likeness (QED) is 0.664. The highest BCUT2D eigenvalue weighted by Crippen LogP contribution is 2.19. The minimum Gasteiger partial charge on any atom is -0.368 e. The summed E-state index contributed by atoms with van der Waals surface area (Å²) < 4.78 is 0. The molecular weight excluding hydrogens is 336 g/mol. The number of hydrogen-bond donors (Lipinski definition) is 2. The van der Waals surface area contributed by atoms with Crippen molar-refractivity contribution in [3.05, 3.63) is 71.9 Å². The number of carbonyl (C=O) groups is 1. The van der Waals surface area contributed by atoms with Crippen molar-refractivity contribution in [2.45, 2.75) is 33.2 Å². The fourth-order valence-corrected chi connectivity index (χ4v) is 2.67. The van der Waals surface area contributed by atoms with Crippen LogP contribution in [0.2, 0.25) is 0 Å². The van der Waals surface area contributed by atoms with E-state index in [1.165, 1.54) is 5.56 Å². The Kier molecular flexibility index (Phi) is 5.81. The number of nitrogens with zero attached hydrogens (tertiary/aromatic N) is 2. The van der Waals surface area contributed by atoms with Crippen LogP contribution in [-0.2, 0) is 6.42 Å². The molecule has 0 bridgehead atoms. The molecule has 1 aromatic heterocycles. The Morgan fingerprint density at radius 2 is 1.70 bits per heavy atom.